The second-order valence-electron chi connectivity index (χ2n) is 14.2. The second-order valence-corrected chi connectivity index (χ2v) is 15.3. The molecule has 0 spiro atoms. The van der Waals surface area contributed by atoms with Crippen molar-refractivity contribution in [1.82, 2.24) is 20.2 Å². The minimum Gasteiger partial charge on any atom is -0.494 e. The third kappa shape index (κ3) is 9.89. The van der Waals surface area contributed by atoms with E-state index >= 15 is 0 Å². The van der Waals surface area contributed by atoms with Crippen LogP contribution in [-0.2, 0) is 21.4 Å². The Bertz CT molecular complexity index is 1810. The fourth-order valence-electron chi connectivity index (χ4n) is 6.13. The van der Waals surface area contributed by atoms with Crippen LogP contribution in [0.25, 0.3) is 22.5 Å². The molecule has 3 heterocycles. The summed E-state index contributed by atoms with van der Waals surface area (Å²) in [6, 6.07) is 19.8. The van der Waals surface area contributed by atoms with Gasteiger partial charge in [0.1, 0.15) is 18.1 Å². The van der Waals surface area contributed by atoms with E-state index in [4.69, 9.17) is 4.74 Å². The first-order chi connectivity index (χ1) is 24.6. The lowest BCUT2D eigenvalue weighted by molar-refractivity contribution is -0.136. The zero-order valence-electron chi connectivity index (χ0n) is 29.9. The number of hydrogen-bond acceptors (Lipinski definition) is 8. The fraction of sp³-hybridized carbons (Fsp3) is 0.415. The van der Waals surface area contributed by atoms with Gasteiger partial charge in [0.2, 0.25) is 5.91 Å². The summed E-state index contributed by atoms with van der Waals surface area (Å²) in [5.74, 6) is 0.261. The molecule has 2 aromatic carbocycles. The first kappa shape index (κ1) is 37.4. The number of ether oxygens (including phenoxy) is 1. The summed E-state index contributed by atoms with van der Waals surface area (Å²) in [6.45, 7) is 9.34. The maximum absolute atomic E-state index is 13.9. The fourth-order valence-corrected chi connectivity index (χ4v) is 7.09. The predicted octanol–water partition coefficient (Wildman–Crippen LogP) is 7.80. The number of aldehydes is 1. The Morgan fingerprint density at radius 3 is 2.29 bits per heavy atom. The Labute approximate surface area is 305 Å². The van der Waals surface area contributed by atoms with Crippen LogP contribution in [0.1, 0.15) is 86.3 Å². The zero-order chi connectivity index (χ0) is 36.4. The molecule has 1 saturated heterocycles. The average molecular weight is 706 g/mol. The normalized spacial score (nSPS) is 16.3. The van der Waals surface area contributed by atoms with E-state index in [0.29, 0.717) is 23.4 Å². The van der Waals surface area contributed by atoms with Crippen molar-refractivity contribution in [1.29, 1.82) is 5.26 Å². The smallest absolute Gasteiger partial charge is 0.262 e. The predicted molar refractivity (Wildman–Crippen MR) is 200 cm³/mol. The van der Waals surface area contributed by atoms with E-state index in [0.717, 1.165) is 45.9 Å². The van der Waals surface area contributed by atoms with Gasteiger partial charge in [-0.25, -0.2) is 9.97 Å². The van der Waals surface area contributed by atoms with Gasteiger partial charge in [0.15, 0.2) is 5.82 Å². The van der Waals surface area contributed by atoms with Gasteiger partial charge in [-0.1, -0.05) is 89.8 Å². The molecule has 0 bridgehead atoms. The van der Waals surface area contributed by atoms with Gasteiger partial charge >= 0.3 is 0 Å². The molecule has 2 aromatic heterocycles. The van der Waals surface area contributed by atoms with E-state index in [1.165, 1.54) is 41.9 Å². The Hall–Kier alpha value is -4.88. The summed E-state index contributed by atoms with van der Waals surface area (Å²) in [5.41, 5.74) is 3.41. The number of carbonyl (C=O) groups is 3. The number of nitrogens with one attached hydrogen (secondary N) is 1. The van der Waals surface area contributed by atoms with E-state index in [1.807, 2.05) is 54.6 Å². The molecule has 3 unspecified atom stereocenters. The molecule has 0 radical (unpaired) electrons. The molecule has 0 aliphatic carbocycles. The molecule has 3 atom stereocenters. The lowest BCUT2D eigenvalue weighted by Gasteiger charge is -2.27. The van der Waals surface area contributed by atoms with Gasteiger partial charge in [0.05, 0.1) is 29.5 Å². The first-order valence-electron chi connectivity index (χ1n) is 17.8. The Balaban J connectivity index is 1.25. The summed E-state index contributed by atoms with van der Waals surface area (Å²) in [4.78, 5) is 51.4. The van der Waals surface area contributed by atoms with Crippen molar-refractivity contribution >= 4 is 29.4 Å². The Kier molecular flexibility index (Phi) is 12.7. The van der Waals surface area contributed by atoms with E-state index in [-0.39, 0.29) is 30.2 Å². The molecule has 4 aromatic rings. The van der Waals surface area contributed by atoms with Gasteiger partial charge in [-0.15, -0.1) is 11.3 Å². The second kappa shape index (κ2) is 17.4. The van der Waals surface area contributed by atoms with Crippen molar-refractivity contribution in [2.45, 2.75) is 90.1 Å². The van der Waals surface area contributed by atoms with Crippen LogP contribution in [0.3, 0.4) is 0 Å². The maximum Gasteiger partial charge on any atom is 0.262 e. The average Bonchev–Trinajstić information content (AvgIpc) is 3.82. The minimum absolute atomic E-state index is 0.114. The summed E-state index contributed by atoms with van der Waals surface area (Å²) < 4.78 is 5.90. The molecule has 9 nitrogen and oxygen atoms in total. The molecule has 1 aliphatic rings. The van der Waals surface area contributed by atoms with Crippen LogP contribution >= 0.6 is 11.3 Å². The van der Waals surface area contributed by atoms with E-state index in [2.05, 4.69) is 49.0 Å². The number of likely N-dealkylation sites (tertiary alicyclic amines) is 1. The topological polar surface area (TPSA) is 125 Å². The molecule has 10 heteroatoms. The molecule has 1 fully saturated rings. The molecule has 2 amide bonds. The Morgan fingerprint density at radius 2 is 1.67 bits per heavy atom. The highest BCUT2D eigenvalue weighted by Crippen LogP contribution is 2.30. The van der Waals surface area contributed by atoms with Gasteiger partial charge < -0.3 is 19.7 Å². The molecule has 51 heavy (non-hydrogen) atoms. The van der Waals surface area contributed by atoms with Gasteiger partial charge in [-0.05, 0) is 53.6 Å². The molecule has 266 valence electrons. The summed E-state index contributed by atoms with van der Waals surface area (Å²) >= 11 is 1.40. The zero-order valence-corrected chi connectivity index (χ0v) is 30.7. The van der Waals surface area contributed by atoms with Crippen molar-refractivity contribution in [2.24, 2.45) is 5.92 Å². The number of thiophene rings is 1. The summed E-state index contributed by atoms with van der Waals surface area (Å²) in [7, 11) is 0. The molecule has 5 rings (SSSR count). The number of carbonyl (C=O) groups excluding carboxylic acids is 3. The number of unbranched alkanes of at least 4 members (excludes halogenated alkanes) is 4. The number of rotatable bonds is 15. The van der Waals surface area contributed by atoms with Crippen molar-refractivity contribution in [3.63, 3.8) is 0 Å². The van der Waals surface area contributed by atoms with Crippen LogP contribution in [0.2, 0.25) is 0 Å². The van der Waals surface area contributed by atoms with Crippen LogP contribution in [0.4, 0.5) is 0 Å². The SMILES string of the molecule is CCCCCCCOc1ccc(-c2cnc(-c3ccc(CC(NC(=O)c4ccc(C(C)(C)C)s4)C(=O)N4CC(C#N)CC4C=O)cc3)nc2)cc1. The number of nitriles is 1. The standard InChI is InChI=1S/C41H47N5O4S/c1-5-6-7-8-9-20-50-34-16-14-30(15-17-34)32-24-43-38(44-25-32)31-12-10-28(11-13-31)22-35(40(49)46-26-29(23-42)21-33(46)27-47)45-39(48)36-18-19-37(51-36)41(2,3)4/h10-19,24-25,27,29,33,35H,5-9,20-22,26H2,1-4H3,(H,45,48). The quantitative estimate of drug-likeness (QED) is 0.0989. The largest absolute Gasteiger partial charge is 0.494 e. The van der Waals surface area contributed by atoms with Crippen LogP contribution in [0.5, 0.6) is 5.75 Å². The number of amides is 2. The van der Waals surface area contributed by atoms with Crippen LogP contribution in [0.15, 0.2) is 73.1 Å². The number of nitrogens with zero attached hydrogens (tertiary/aromatic N) is 4. The summed E-state index contributed by atoms with van der Waals surface area (Å²) in [5, 5.41) is 12.4. The number of hydrogen-bond donors (Lipinski definition) is 1. The lowest BCUT2D eigenvalue weighted by atomic mass is 9.95. The van der Waals surface area contributed by atoms with Gasteiger partial charge in [-0.2, -0.15) is 5.26 Å². The van der Waals surface area contributed by atoms with Crippen LogP contribution in [-0.4, -0.2) is 58.2 Å². The number of aromatic nitrogens is 2. The molecular weight excluding hydrogens is 659 g/mol. The van der Waals surface area contributed by atoms with Crippen LogP contribution in [0, 0.1) is 17.2 Å². The molecular formula is C41H47N5O4S. The molecule has 1 aliphatic heterocycles. The van der Waals surface area contributed by atoms with Crippen molar-refractivity contribution in [3.05, 3.63) is 88.4 Å². The van der Waals surface area contributed by atoms with Crippen molar-refractivity contribution in [2.75, 3.05) is 13.2 Å². The summed E-state index contributed by atoms with van der Waals surface area (Å²) in [6.07, 6.45) is 10.8. The van der Waals surface area contributed by atoms with Crippen molar-refractivity contribution < 1.29 is 19.1 Å². The molecule has 0 saturated carbocycles. The van der Waals surface area contributed by atoms with E-state index in [1.54, 1.807) is 18.5 Å². The number of benzene rings is 2. The minimum atomic E-state index is -0.929. The van der Waals surface area contributed by atoms with E-state index < -0.39 is 18.0 Å². The third-order valence-electron chi connectivity index (χ3n) is 9.15. The highest BCUT2D eigenvalue weighted by molar-refractivity contribution is 7.14. The van der Waals surface area contributed by atoms with Gasteiger partial charge in [0.25, 0.3) is 5.91 Å². The first-order valence-corrected chi connectivity index (χ1v) is 18.6. The monoisotopic (exact) mass is 705 g/mol. The Morgan fingerprint density at radius 1 is 0.980 bits per heavy atom. The van der Waals surface area contributed by atoms with Gasteiger partial charge in [0, 0.05) is 41.4 Å². The molecule has 1 N–H and O–H groups in total. The highest BCUT2D eigenvalue weighted by Gasteiger charge is 2.38. The highest BCUT2D eigenvalue weighted by atomic mass is 32.1. The lowest BCUT2D eigenvalue weighted by Crippen LogP contribution is -2.51. The van der Waals surface area contributed by atoms with Crippen LogP contribution < -0.4 is 10.1 Å². The maximum atomic E-state index is 13.9. The van der Waals surface area contributed by atoms with Crippen molar-refractivity contribution in [3.8, 4) is 34.3 Å². The van der Waals surface area contributed by atoms with E-state index in [9.17, 15) is 19.6 Å². The third-order valence-corrected chi connectivity index (χ3v) is 10.7. The van der Waals surface area contributed by atoms with Gasteiger partial charge in [-0.3, -0.25) is 9.59 Å².